The molecule has 0 aliphatic heterocycles. The van der Waals surface area contributed by atoms with Gasteiger partial charge in [0, 0.05) is 19.3 Å². The van der Waals surface area contributed by atoms with Crippen LogP contribution in [0.25, 0.3) is 0 Å². The van der Waals surface area contributed by atoms with Crippen molar-refractivity contribution in [3.63, 3.8) is 0 Å². The molecule has 75 heavy (non-hydrogen) atoms. The fraction of sp³-hybridized carbons (Fsp3) is 0.667. The van der Waals surface area contributed by atoms with E-state index in [4.69, 9.17) is 14.2 Å². The Kier molecular flexibility index (Phi) is 58.9. The minimum atomic E-state index is -0.809. The molecular formula is C69H114O6. The predicted molar refractivity (Wildman–Crippen MR) is 325 cm³/mol. The van der Waals surface area contributed by atoms with Crippen LogP contribution in [-0.2, 0) is 28.6 Å². The minimum Gasteiger partial charge on any atom is -0.462 e. The Morgan fingerprint density at radius 2 is 0.520 bits per heavy atom. The second-order valence-electron chi connectivity index (χ2n) is 20.2. The fourth-order valence-corrected chi connectivity index (χ4v) is 8.27. The second kappa shape index (κ2) is 62.4. The van der Waals surface area contributed by atoms with Crippen molar-refractivity contribution in [2.45, 2.75) is 284 Å². The quantitative estimate of drug-likeness (QED) is 0.0261. The van der Waals surface area contributed by atoms with Crippen LogP contribution in [0, 0.1) is 0 Å². The Morgan fingerprint density at radius 3 is 0.840 bits per heavy atom. The molecule has 0 aromatic rings. The number of carbonyl (C=O) groups is 3. The number of unbranched alkanes of at least 4 members (excludes halogenated alkanes) is 24. The van der Waals surface area contributed by atoms with E-state index in [0.29, 0.717) is 25.7 Å². The number of esters is 3. The SMILES string of the molecule is CC/C=C\C/C=C\C/C=C\C/C=C\C/C=C\C/C=C\CCCCC(=O)OCC(COC(=O)CCCCCCCCC/C=C\C/C=C\CCCCCC)OC(=O)CCCCCCCCC/C=C\C/C=C\CCCCCC. The van der Waals surface area contributed by atoms with Gasteiger partial charge < -0.3 is 14.2 Å². The smallest absolute Gasteiger partial charge is 0.306 e. The number of ether oxygens (including phenoxy) is 3. The monoisotopic (exact) mass is 1040 g/mol. The first-order chi connectivity index (χ1) is 37.0. The number of rotatable bonds is 55. The summed E-state index contributed by atoms with van der Waals surface area (Å²) in [6.45, 7) is 6.45. The zero-order valence-electron chi connectivity index (χ0n) is 48.8. The molecule has 0 saturated heterocycles. The van der Waals surface area contributed by atoms with Crippen LogP contribution >= 0.6 is 0 Å². The lowest BCUT2D eigenvalue weighted by atomic mass is 10.1. The summed E-state index contributed by atoms with van der Waals surface area (Å²) in [5.74, 6) is -0.959. The summed E-state index contributed by atoms with van der Waals surface area (Å²) in [5.41, 5.74) is 0. The Bertz CT molecular complexity index is 1570. The van der Waals surface area contributed by atoms with Crippen LogP contribution in [0.1, 0.15) is 278 Å². The third kappa shape index (κ3) is 60.6. The highest BCUT2D eigenvalue weighted by atomic mass is 16.6. The van der Waals surface area contributed by atoms with Gasteiger partial charge >= 0.3 is 17.9 Å². The van der Waals surface area contributed by atoms with Crippen molar-refractivity contribution in [3.8, 4) is 0 Å². The third-order valence-electron chi connectivity index (χ3n) is 12.9. The molecule has 1 unspecified atom stereocenters. The van der Waals surface area contributed by atoms with Gasteiger partial charge in [-0.15, -0.1) is 0 Å². The molecule has 0 bridgehead atoms. The summed E-state index contributed by atoms with van der Waals surface area (Å²) in [7, 11) is 0. The minimum absolute atomic E-state index is 0.102. The summed E-state index contributed by atoms with van der Waals surface area (Å²) < 4.78 is 16.9. The maximum Gasteiger partial charge on any atom is 0.306 e. The normalized spacial score (nSPS) is 12.9. The first-order valence-electron chi connectivity index (χ1n) is 31.0. The van der Waals surface area contributed by atoms with Crippen LogP contribution in [-0.4, -0.2) is 37.2 Å². The van der Waals surface area contributed by atoms with Crippen LogP contribution in [0.3, 0.4) is 0 Å². The van der Waals surface area contributed by atoms with Crippen LogP contribution in [0.5, 0.6) is 0 Å². The average molecular weight is 1040 g/mol. The van der Waals surface area contributed by atoms with E-state index in [-0.39, 0.29) is 31.1 Å². The van der Waals surface area contributed by atoms with Gasteiger partial charge in [-0.2, -0.15) is 0 Å². The molecule has 0 spiro atoms. The number of hydrogen-bond donors (Lipinski definition) is 0. The van der Waals surface area contributed by atoms with E-state index in [1.54, 1.807) is 0 Å². The summed E-state index contributed by atoms with van der Waals surface area (Å²) in [6, 6.07) is 0. The molecule has 426 valence electrons. The lowest BCUT2D eigenvalue weighted by molar-refractivity contribution is -0.167. The molecule has 0 N–H and O–H groups in total. The molecule has 0 heterocycles. The highest BCUT2D eigenvalue weighted by Crippen LogP contribution is 2.14. The van der Waals surface area contributed by atoms with Crippen molar-refractivity contribution in [2.24, 2.45) is 0 Å². The number of allylic oxidation sites excluding steroid dienone is 20. The largest absolute Gasteiger partial charge is 0.462 e. The van der Waals surface area contributed by atoms with Gasteiger partial charge in [-0.05, 0) is 135 Å². The molecule has 6 nitrogen and oxygen atoms in total. The summed E-state index contributed by atoms with van der Waals surface area (Å²) >= 11 is 0. The van der Waals surface area contributed by atoms with Crippen LogP contribution < -0.4 is 0 Å². The van der Waals surface area contributed by atoms with Crippen molar-refractivity contribution < 1.29 is 28.6 Å². The molecule has 0 aromatic heterocycles. The van der Waals surface area contributed by atoms with E-state index in [2.05, 4.69) is 142 Å². The van der Waals surface area contributed by atoms with E-state index in [9.17, 15) is 14.4 Å². The maximum atomic E-state index is 12.9. The van der Waals surface area contributed by atoms with Crippen molar-refractivity contribution in [1.82, 2.24) is 0 Å². The molecule has 0 amide bonds. The zero-order chi connectivity index (χ0) is 54.3. The van der Waals surface area contributed by atoms with Gasteiger partial charge in [0.2, 0.25) is 0 Å². The summed E-state index contributed by atoms with van der Waals surface area (Å²) in [4.78, 5) is 38.3. The number of hydrogen-bond acceptors (Lipinski definition) is 6. The third-order valence-corrected chi connectivity index (χ3v) is 12.9. The lowest BCUT2D eigenvalue weighted by Gasteiger charge is -2.18. The molecule has 1 atom stereocenters. The van der Waals surface area contributed by atoms with Crippen molar-refractivity contribution in [3.05, 3.63) is 122 Å². The van der Waals surface area contributed by atoms with Crippen molar-refractivity contribution >= 4 is 17.9 Å². The summed E-state index contributed by atoms with van der Waals surface area (Å²) in [5, 5.41) is 0. The Hall–Kier alpha value is -4.19. The molecule has 0 aliphatic rings. The highest BCUT2D eigenvalue weighted by Gasteiger charge is 2.19. The Balaban J connectivity index is 4.51. The molecule has 0 rings (SSSR count). The van der Waals surface area contributed by atoms with Gasteiger partial charge in [-0.1, -0.05) is 245 Å². The molecule has 0 saturated carbocycles. The lowest BCUT2D eigenvalue weighted by Crippen LogP contribution is -2.30. The van der Waals surface area contributed by atoms with Gasteiger partial charge in [0.1, 0.15) is 13.2 Å². The molecule has 6 heteroatoms. The molecule has 0 aliphatic carbocycles. The van der Waals surface area contributed by atoms with Crippen LogP contribution in [0.2, 0.25) is 0 Å². The molecule has 0 aromatic carbocycles. The molecule has 0 fully saturated rings. The van der Waals surface area contributed by atoms with E-state index in [0.717, 1.165) is 116 Å². The Morgan fingerprint density at radius 1 is 0.280 bits per heavy atom. The molecular weight excluding hydrogens is 925 g/mol. The van der Waals surface area contributed by atoms with E-state index < -0.39 is 6.10 Å². The standard InChI is InChI=1S/C69H114O6/c1-4-7-10-13-16-19-22-25-28-31-34-35-36-39-41-44-47-50-53-56-59-62-68(71)74-65-66(75-69(72)63-60-57-54-51-48-45-42-38-33-30-27-24-21-18-15-12-9-6-3)64-73-67(70)61-58-55-52-49-46-43-40-37-32-29-26-23-20-17-14-11-8-5-2/h7,10,16,19-21,23-25,28-30,32-35,39,41,47,50,66H,4-6,8-9,11-15,17-18,22,26-27,31,36-38,40,42-46,48-49,51-65H2,1-3H3/b10-7-,19-16-,23-20-,24-21-,28-25-,32-29-,33-30-,35-34-,41-39-,50-47-. The molecule has 0 radical (unpaired) electrons. The predicted octanol–water partition coefficient (Wildman–Crippen LogP) is 21.2. The van der Waals surface area contributed by atoms with Crippen molar-refractivity contribution in [1.29, 1.82) is 0 Å². The van der Waals surface area contributed by atoms with Gasteiger partial charge in [0.15, 0.2) is 6.10 Å². The van der Waals surface area contributed by atoms with Gasteiger partial charge in [-0.3, -0.25) is 14.4 Å². The van der Waals surface area contributed by atoms with Gasteiger partial charge in [0.25, 0.3) is 0 Å². The average Bonchev–Trinajstić information content (AvgIpc) is 3.41. The Labute approximate surface area is 462 Å². The maximum absolute atomic E-state index is 12.9. The van der Waals surface area contributed by atoms with Gasteiger partial charge in [0.05, 0.1) is 0 Å². The fourth-order valence-electron chi connectivity index (χ4n) is 8.27. The summed E-state index contributed by atoms with van der Waals surface area (Å²) in [6.07, 6.45) is 86.2. The van der Waals surface area contributed by atoms with Crippen molar-refractivity contribution in [2.75, 3.05) is 13.2 Å². The zero-order valence-corrected chi connectivity index (χ0v) is 48.8. The van der Waals surface area contributed by atoms with Crippen LogP contribution in [0.4, 0.5) is 0 Å². The number of carbonyl (C=O) groups excluding carboxylic acids is 3. The van der Waals surface area contributed by atoms with Crippen LogP contribution in [0.15, 0.2) is 122 Å². The first-order valence-corrected chi connectivity index (χ1v) is 31.0. The van der Waals surface area contributed by atoms with E-state index in [1.165, 1.54) is 116 Å². The van der Waals surface area contributed by atoms with E-state index in [1.807, 2.05) is 0 Å². The second-order valence-corrected chi connectivity index (χ2v) is 20.2. The van der Waals surface area contributed by atoms with Gasteiger partial charge in [-0.25, -0.2) is 0 Å². The topological polar surface area (TPSA) is 78.9 Å². The highest BCUT2D eigenvalue weighted by molar-refractivity contribution is 5.71. The van der Waals surface area contributed by atoms with E-state index >= 15 is 0 Å². The first kappa shape index (κ1) is 70.8.